The highest BCUT2D eigenvalue weighted by atomic mass is 15.1. The molecule has 0 fully saturated rings. The summed E-state index contributed by atoms with van der Waals surface area (Å²) in [6.07, 6.45) is 1.73. The molecule has 0 atom stereocenters. The van der Waals surface area contributed by atoms with Gasteiger partial charge < -0.3 is 0 Å². The zero-order chi connectivity index (χ0) is 8.41. The van der Waals surface area contributed by atoms with E-state index in [0.717, 1.165) is 5.69 Å². The molecule has 0 amide bonds. The predicted octanol–water partition coefficient (Wildman–Crippen LogP) is 3.02. The van der Waals surface area contributed by atoms with E-state index >= 15 is 0 Å². The first-order valence-corrected chi connectivity index (χ1v) is 3.85. The average Bonchev–Trinajstić information content (AvgIpc) is 2.48. The zero-order valence-electron chi connectivity index (χ0n) is 7.60. The number of nitrogens with one attached hydrogen (secondary N) is 1. The third-order valence-electron chi connectivity index (χ3n) is 0.640. The van der Waals surface area contributed by atoms with Crippen molar-refractivity contribution in [2.24, 2.45) is 0 Å². The molecule has 0 bridgehead atoms. The summed E-state index contributed by atoms with van der Waals surface area (Å²) in [4.78, 5) is 0. The maximum Gasteiger partial charge on any atom is 0.0489 e. The first-order valence-electron chi connectivity index (χ1n) is 3.85. The number of nitrogens with zero attached hydrogens (tertiary/aromatic N) is 1. The second-order valence-corrected chi connectivity index (χ2v) is 1.24. The van der Waals surface area contributed by atoms with Crippen molar-refractivity contribution in [3.05, 3.63) is 18.0 Å². The van der Waals surface area contributed by atoms with E-state index in [9.17, 15) is 0 Å². The van der Waals surface area contributed by atoms with Gasteiger partial charge in [-0.1, -0.05) is 27.7 Å². The summed E-state index contributed by atoms with van der Waals surface area (Å²) < 4.78 is 0. The van der Waals surface area contributed by atoms with Crippen LogP contribution in [-0.4, -0.2) is 10.2 Å². The van der Waals surface area contributed by atoms with E-state index in [0.29, 0.717) is 0 Å². The molecule has 0 saturated carbocycles. The summed E-state index contributed by atoms with van der Waals surface area (Å²) >= 11 is 0. The minimum atomic E-state index is 0. The number of aromatic amines is 1. The number of hydrogen-bond acceptors (Lipinski definition) is 1. The van der Waals surface area contributed by atoms with Crippen LogP contribution >= 0.6 is 0 Å². The Morgan fingerprint density at radius 1 is 1.30 bits per heavy atom. The number of rotatable bonds is 0. The fraction of sp³-hybridized carbons (Fsp3) is 0.625. The van der Waals surface area contributed by atoms with Crippen LogP contribution < -0.4 is 0 Å². The highest BCUT2D eigenvalue weighted by Crippen LogP contribution is 1.82. The zero-order valence-corrected chi connectivity index (χ0v) is 7.60. The average molecular weight is 144 g/mol. The molecule has 1 aromatic heterocycles. The van der Waals surface area contributed by atoms with Gasteiger partial charge in [-0.25, -0.2) is 0 Å². The Balaban J connectivity index is -0.000000114. The van der Waals surface area contributed by atoms with Gasteiger partial charge in [-0.3, -0.25) is 5.10 Å². The molecule has 2 heteroatoms. The van der Waals surface area contributed by atoms with Crippen molar-refractivity contribution in [1.29, 1.82) is 0 Å². The lowest BCUT2D eigenvalue weighted by atomic mass is 10.5. The van der Waals surface area contributed by atoms with Crippen molar-refractivity contribution < 1.29 is 1.43 Å². The molecule has 0 unspecified atom stereocenters. The fourth-order valence-electron chi connectivity index (χ4n) is 0.325. The van der Waals surface area contributed by atoms with E-state index in [1.54, 1.807) is 6.20 Å². The van der Waals surface area contributed by atoms with E-state index < -0.39 is 0 Å². The molecule has 0 aliphatic rings. The number of aromatic nitrogens is 2. The Kier molecular flexibility index (Phi) is 13.2. The standard InChI is InChI=1S/C4H6N2.2C2H6.H2/c1-4-2-3-5-6-4;2*1-2;/h2-3H,1H3,(H,5,6);2*1-2H3;1H. The summed E-state index contributed by atoms with van der Waals surface area (Å²) in [6, 6.07) is 1.92. The number of aryl methyl sites for hydroxylation is 1. The Bertz CT molecular complexity index is 116. The van der Waals surface area contributed by atoms with Gasteiger partial charge in [0.15, 0.2) is 0 Å². The molecule has 0 aromatic carbocycles. The first-order chi connectivity index (χ1) is 4.89. The Hall–Kier alpha value is -0.790. The molecule has 1 heterocycles. The van der Waals surface area contributed by atoms with E-state index in [4.69, 9.17) is 0 Å². The third kappa shape index (κ3) is 7.21. The van der Waals surface area contributed by atoms with Crippen LogP contribution in [0.1, 0.15) is 34.8 Å². The van der Waals surface area contributed by atoms with Crippen LogP contribution in [-0.2, 0) is 0 Å². The van der Waals surface area contributed by atoms with Gasteiger partial charge in [0, 0.05) is 13.3 Å². The van der Waals surface area contributed by atoms with Crippen LogP contribution in [0.3, 0.4) is 0 Å². The van der Waals surface area contributed by atoms with E-state index in [2.05, 4.69) is 10.2 Å². The van der Waals surface area contributed by atoms with Crippen LogP contribution in [0.15, 0.2) is 12.3 Å². The van der Waals surface area contributed by atoms with Crippen molar-refractivity contribution in [1.82, 2.24) is 10.2 Å². The smallest absolute Gasteiger partial charge is 0.0489 e. The summed E-state index contributed by atoms with van der Waals surface area (Å²) in [5, 5.41) is 6.45. The largest absolute Gasteiger partial charge is 0.283 e. The van der Waals surface area contributed by atoms with Gasteiger partial charge in [0.2, 0.25) is 0 Å². The van der Waals surface area contributed by atoms with Crippen molar-refractivity contribution in [2.45, 2.75) is 34.6 Å². The van der Waals surface area contributed by atoms with Gasteiger partial charge in [0.1, 0.15) is 0 Å². The van der Waals surface area contributed by atoms with E-state index in [1.165, 1.54) is 0 Å². The second-order valence-electron chi connectivity index (χ2n) is 1.24. The monoisotopic (exact) mass is 144 g/mol. The summed E-state index contributed by atoms with van der Waals surface area (Å²) in [6.45, 7) is 9.97. The molecule has 0 aliphatic carbocycles. The van der Waals surface area contributed by atoms with Crippen LogP contribution in [0.2, 0.25) is 0 Å². The molecular weight excluding hydrogens is 124 g/mol. The molecular formula is C8H20N2. The molecule has 62 valence electrons. The topological polar surface area (TPSA) is 28.7 Å². The highest BCUT2D eigenvalue weighted by molar-refractivity contribution is 4.91. The van der Waals surface area contributed by atoms with Gasteiger partial charge in [-0.2, -0.15) is 5.10 Å². The molecule has 10 heavy (non-hydrogen) atoms. The van der Waals surface area contributed by atoms with Crippen molar-refractivity contribution >= 4 is 0 Å². The maximum atomic E-state index is 3.70. The van der Waals surface area contributed by atoms with Gasteiger partial charge in [0.25, 0.3) is 0 Å². The Morgan fingerprint density at radius 3 is 1.90 bits per heavy atom. The second kappa shape index (κ2) is 11.1. The first kappa shape index (κ1) is 11.9. The SMILES string of the molecule is CC.CC.Cc1ccn[nH]1.[HH]. The van der Waals surface area contributed by atoms with Crippen molar-refractivity contribution in [2.75, 3.05) is 0 Å². The molecule has 1 aromatic rings. The normalized spacial score (nSPS) is 6.50. The highest BCUT2D eigenvalue weighted by Gasteiger charge is 1.73. The predicted molar refractivity (Wildman–Crippen MR) is 48.1 cm³/mol. The van der Waals surface area contributed by atoms with E-state index in [1.807, 2.05) is 40.7 Å². The fourth-order valence-corrected chi connectivity index (χ4v) is 0.325. The van der Waals surface area contributed by atoms with Gasteiger partial charge in [-0.05, 0) is 13.0 Å². The third-order valence-corrected chi connectivity index (χ3v) is 0.640. The lowest BCUT2D eigenvalue weighted by molar-refractivity contribution is 1.05. The lowest BCUT2D eigenvalue weighted by Crippen LogP contribution is -1.65. The van der Waals surface area contributed by atoms with E-state index in [-0.39, 0.29) is 1.43 Å². The molecule has 1 N–H and O–H groups in total. The minimum absolute atomic E-state index is 0. The Morgan fingerprint density at radius 2 is 1.80 bits per heavy atom. The number of hydrogen-bond donors (Lipinski definition) is 1. The molecule has 0 aliphatic heterocycles. The summed E-state index contributed by atoms with van der Waals surface area (Å²) in [5.74, 6) is 0. The maximum absolute atomic E-state index is 3.70. The van der Waals surface area contributed by atoms with Gasteiger partial charge >= 0.3 is 0 Å². The van der Waals surface area contributed by atoms with Crippen LogP contribution in [0.5, 0.6) is 0 Å². The quantitative estimate of drug-likeness (QED) is 0.595. The molecule has 0 radical (unpaired) electrons. The minimum Gasteiger partial charge on any atom is -0.283 e. The number of H-pyrrole nitrogens is 1. The molecule has 2 nitrogen and oxygen atoms in total. The molecule has 0 spiro atoms. The summed E-state index contributed by atoms with van der Waals surface area (Å²) in [7, 11) is 0. The Labute approximate surface area is 65.1 Å². The van der Waals surface area contributed by atoms with Gasteiger partial charge in [0.05, 0.1) is 0 Å². The molecule has 0 saturated heterocycles. The summed E-state index contributed by atoms with van der Waals surface area (Å²) in [5.41, 5.74) is 1.11. The van der Waals surface area contributed by atoms with Crippen LogP contribution in [0.25, 0.3) is 0 Å². The van der Waals surface area contributed by atoms with Gasteiger partial charge in [-0.15, -0.1) is 0 Å². The lowest BCUT2D eigenvalue weighted by Gasteiger charge is -1.68. The van der Waals surface area contributed by atoms with Crippen LogP contribution in [0, 0.1) is 6.92 Å². The molecule has 1 rings (SSSR count). The van der Waals surface area contributed by atoms with Crippen molar-refractivity contribution in [3.63, 3.8) is 0 Å². The van der Waals surface area contributed by atoms with Crippen molar-refractivity contribution in [3.8, 4) is 0 Å². The van der Waals surface area contributed by atoms with Crippen LogP contribution in [0.4, 0.5) is 0 Å².